The lowest BCUT2D eigenvalue weighted by atomic mass is 10.1. The highest BCUT2D eigenvalue weighted by Crippen LogP contribution is 2.28. The third-order valence-corrected chi connectivity index (χ3v) is 4.49. The maximum Gasteiger partial charge on any atom is 0.123 e. The minimum absolute atomic E-state index is 0.0745. The Kier molecular flexibility index (Phi) is 4.80. The lowest BCUT2D eigenvalue weighted by Crippen LogP contribution is -2.09. The number of nitrogens with two attached hydrogens (primary N) is 1. The molecule has 18 heavy (non-hydrogen) atoms. The molecule has 2 N–H and O–H groups in total. The highest BCUT2D eigenvalue weighted by atomic mass is 32.2. The summed E-state index contributed by atoms with van der Waals surface area (Å²) in [6.07, 6.45) is 4.17. The van der Waals surface area contributed by atoms with Crippen LogP contribution in [0.3, 0.4) is 0 Å². The molecule has 0 radical (unpaired) electrons. The number of nitrogens with zero attached hydrogens (tertiary/aromatic N) is 1. The molecule has 1 unspecified atom stereocenters. The van der Waals surface area contributed by atoms with Crippen molar-refractivity contribution in [3.63, 3.8) is 0 Å². The van der Waals surface area contributed by atoms with E-state index >= 15 is 0 Å². The molecule has 0 spiro atoms. The van der Waals surface area contributed by atoms with Crippen LogP contribution in [0, 0.1) is 0 Å². The molecule has 1 aromatic carbocycles. The van der Waals surface area contributed by atoms with Crippen LogP contribution < -0.4 is 5.73 Å². The van der Waals surface area contributed by atoms with E-state index < -0.39 is 0 Å². The molecule has 0 fully saturated rings. The molecule has 0 saturated carbocycles. The summed E-state index contributed by atoms with van der Waals surface area (Å²) in [4.78, 5) is 5.92. The number of hydrogen-bond acceptors (Lipinski definition) is 4. The Morgan fingerprint density at radius 1 is 1.33 bits per heavy atom. The van der Waals surface area contributed by atoms with E-state index in [1.54, 1.807) is 23.1 Å². The van der Waals surface area contributed by atoms with Crippen LogP contribution in [0.5, 0.6) is 0 Å². The zero-order chi connectivity index (χ0) is 13.0. The second-order valence-electron chi connectivity index (χ2n) is 4.20. The van der Waals surface area contributed by atoms with Gasteiger partial charge in [-0.1, -0.05) is 25.5 Å². The first-order chi connectivity index (χ1) is 8.74. The molecule has 0 aliphatic rings. The monoisotopic (exact) mass is 278 g/mol. The van der Waals surface area contributed by atoms with Gasteiger partial charge in [0.2, 0.25) is 0 Å². The molecule has 0 aliphatic carbocycles. The third-order valence-electron chi connectivity index (χ3n) is 2.84. The second kappa shape index (κ2) is 6.36. The third kappa shape index (κ3) is 3.13. The van der Waals surface area contributed by atoms with Gasteiger partial charge in [0.15, 0.2) is 0 Å². The van der Waals surface area contributed by atoms with Gasteiger partial charge in [0, 0.05) is 21.9 Å². The normalized spacial score (nSPS) is 12.6. The molecule has 1 heterocycles. The Labute approximate surface area is 117 Å². The van der Waals surface area contributed by atoms with Crippen molar-refractivity contribution in [2.45, 2.75) is 30.7 Å². The standard InChI is InChI=1S/C14H18N2S2/c1-3-4-12(15)13-9-18-14(16-13)10-5-7-11(17-2)8-6-10/h5-9,12H,3-4,15H2,1-2H3. The molecule has 1 aromatic heterocycles. The number of thiazole rings is 1. The van der Waals surface area contributed by atoms with Crippen molar-refractivity contribution in [2.75, 3.05) is 6.26 Å². The Balaban J connectivity index is 2.18. The maximum absolute atomic E-state index is 6.08. The molecule has 0 saturated heterocycles. The lowest BCUT2D eigenvalue weighted by molar-refractivity contribution is 0.625. The van der Waals surface area contributed by atoms with Crippen molar-refractivity contribution in [3.8, 4) is 10.6 Å². The average molecular weight is 278 g/mol. The highest BCUT2D eigenvalue weighted by molar-refractivity contribution is 7.98. The summed E-state index contributed by atoms with van der Waals surface area (Å²) in [5.74, 6) is 0. The van der Waals surface area contributed by atoms with Crippen LogP contribution >= 0.6 is 23.1 Å². The fraction of sp³-hybridized carbons (Fsp3) is 0.357. The lowest BCUT2D eigenvalue weighted by Gasteiger charge is -2.05. The van der Waals surface area contributed by atoms with E-state index in [1.165, 1.54) is 10.5 Å². The Hall–Kier alpha value is -0.840. The fourth-order valence-electron chi connectivity index (χ4n) is 1.78. The minimum atomic E-state index is 0.0745. The molecule has 2 rings (SSSR count). The van der Waals surface area contributed by atoms with Crippen LogP contribution in [-0.4, -0.2) is 11.2 Å². The fourth-order valence-corrected chi connectivity index (χ4v) is 3.08. The van der Waals surface area contributed by atoms with Crippen LogP contribution in [-0.2, 0) is 0 Å². The first-order valence-corrected chi connectivity index (χ1v) is 8.20. The molecule has 0 bridgehead atoms. The maximum atomic E-state index is 6.08. The second-order valence-corrected chi connectivity index (χ2v) is 5.94. The van der Waals surface area contributed by atoms with Crippen molar-refractivity contribution in [1.29, 1.82) is 0 Å². The largest absolute Gasteiger partial charge is 0.323 e. The minimum Gasteiger partial charge on any atom is -0.323 e. The van der Waals surface area contributed by atoms with Crippen molar-refractivity contribution in [1.82, 2.24) is 4.98 Å². The molecule has 2 aromatic rings. The first kappa shape index (κ1) is 13.6. The molecular formula is C14H18N2S2. The van der Waals surface area contributed by atoms with Gasteiger partial charge in [0.05, 0.1) is 5.69 Å². The van der Waals surface area contributed by atoms with Gasteiger partial charge in [0.1, 0.15) is 5.01 Å². The van der Waals surface area contributed by atoms with Gasteiger partial charge < -0.3 is 5.73 Å². The highest BCUT2D eigenvalue weighted by Gasteiger charge is 2.10. The smallest absolute Gasteiger partial charge is 0.123 e. The number of thioether (sulfide) groups is 1. The zero-order valence-corrected chi connectivity index (χ0v) is 12.4. The van der Waals surface area contributed by atoms with E-state index in [9.17, 15) is 0 Å². The van der Waals surface area contributed by atoms with Gasteiger partial charge in [0.25, 0.3) is 0 Å². The molecule has 1 atom stereocenters. The van der Waals surface area contributed by atoms with E-state index in [0.717, 1.165) is 23.5 Å². The molecular weight excluding hydrogens is 260 g/mol. The SMILES string of the molecule is CCCC(N)c1csc(-c2ccc(SC)cc2)n1. The molecule has 0 aliphatic heterocycles. The van der Waals surface area contributed by atoms with Gasteiger partial charge in [-0.05, 0) is 24.8 Å². The summed E-state index contributed by atoms with van der Waals surface area (Å²) in [5.41, 5.74) is 8.28. The molecule has 4 heteroatoms. The topological polar surface area (TPSA) is 38.9 Å². The van der Waals surface area contributed by atoms with Gasteiger partial charge in [-0.25, -0.2) is 4.98 Å². The predicted octanol–water partition coefficient (Wildman–Crippen LogP) is 4.33. The van der Waals surface area contributed by atoms with Gasteiger partial charge in [-0.3, -0.25) is 0 Å². The van der Waals surface area contributed by atoms with Crippen LogP contribution in [0.25, 0.3) is 10.6 Å². The van der Waals surface area contributed by atoms with Gasteiger partial charge in [-0.15, -0.1) is 23.1 Å². The van der Waals surface area contributed by atoms with Crippen molar-refractivity contribution >= 4 is 23.1 Å². The van der Waals surface area contributed by atoms with Crippen molar-refractivity contribution in [3.05, 3.63) is 35.3 Å². The number of hydrogen-bond donors (Lipinski definition) is 1. The Bertz CT molecular complexity index is 491. The van der Waals surface area contributed by atoms with E-state index in [1.807, 2.05) is 0 Å². The van der Waals surface area contributed by atoms with E-state index in [-0.39, 0.29) is 6.04 Å². The summed E-state index contributed by atoms with van der Waals surface area (Å²) >= 11 is 3.42. The van der Waals surface area contributed by atoms with E-state index in [2.05, 4.69) is 47.8 Å². The first-order valence-electron chi connectivity index (χ1n) is 6.10. The molecule has 96 valence electrons. The van der Waals surface area contributed by atoms with Crippen LogP contribution in [0.4, 0.5) is 0 Å². The predicted molar refractivity (Wildman–Crippen MR) is 81.2 cm³/mol. The Morgan fingerprint density at radius 3 is 2.67 bits per heavy atom. The average Bonchev–Trinajstić information content (AvgIpc) is 2.89. The van der Waals surface area contributed by atoms with Crippen LogP contribution in [0.1, 0.15) is 31.5 Å². The van der Waals surface area contributed by atoms with Gasteiger partial charge in [-0.2, -0.15) is 0 Å². The summed E-state index contributed by atoms with van der Waals surface area (Å²) in [6.45, 7) is 2.15. The quantitative estimate of drug-likeness (QED) is 0.827. The van der Waals surface area contributed by atoms with E-state index in [4.69, 9.17) is 5.73 Å². The zero-order valence-electron chi connectivity index (χ0n) is 10.7. The summed E-state index contributed by atoms with van der Waals surface area (Å²) in [7, 11) is 0. The van der Waals surface area contributed by atoms with Gasteiger partial charge >= 0.3 is 0 Å². The summed E-state index contributed by atoms with van der Waals surface area (Å²) < 4.78 is 0. The van der Waals surface area contributed by atoms with E-state index in [0.29, 0.717) is 0 Å². The number of benzene rings is 1. The molecule has 0 amide bonds. The van der Waals surface area contributed by atoms with Crippen LogP contribution in [0.15, 0.2) is 34.5 Å². The number of rotatable bonds is 5. The van der Waals surface area contributed by atoms with Crippen LogP contribution in [0.2, 0.25) is 0 Å². The number of aromatic nitrogens is 1. The Morgan fingerprint density at radius 2 is 2.06 bits per heavy atom. The molecule has 2 nitrogen and oxygen atoms in total. The summed E-state index contributed by atoms with van der Waals surface area (Å²) in [5, 5.41) is 3.14. The summed E-state index contributed by atoms with van der Waals surface area (Å²) in [6, 6.07) is 8.59. The van der Waals surface area contributed by atoms with Crippen molar-refractivity contribution < 1.29 is 0 Å². The van der Waals surface area contributed by atoms with Crippen molar-refractivity contribution in [2.24, 2.45) is 5.73 Å².